The van der Waals surface area contributed by atoms with Crippen molar-refractivity contribution in [2.24, 2.45) is 5.41 Å². The Morgan fingerprint density at radius 1 is 1.36 bits per heavy atom. The van der Waals surface area contributed by atoms with Crippen LogP contribution in [0.1, 0.15) is 26.7 Å². The van der Waals surface area contributed by atoms with Gasteiger partial charge in [0, 0.05) is 5.41 Å². The number of allylic oxidation sites excluding steroid dienone is 1. The zero-order valence-corrected chi connectivity index (χ0v) is 6.94. The predicted molar refractivity (Wildman–Crippen MR) is 42.2 cm³/mol. The van der Waals surface area contributed by atoms with Gasteiger partial charge in [0.2, 0.25) is 0 Å². The summed E-state index contributed by atoms with van der Waals surface area (Å²) in [4.78, 5) is 22.2. The minimum absolute atomic E-state index is 0.0369. The molecule has 0 aromatic rings. The smallest absolute Gasteiger partial charge is 0.165 e. The SMILES string of the molecule is C=C1CC(C)(C)C(=O)CC1=O. The van der Waals surface area contributed by atoms with Crippen LogP contribution in [0.15, 0.2) is 12.2 Å². The summed E-state index contributed by atoms with van der Waals surface area (Å²) in [6.45, 7) is 7.33. The molecule has 0 spiro atoms. The van der Waals surface area contributed by atoms with Gasteiger partial charge in [0.25, 0.3) is 0 Å². The van der Waals surface area contributed by atoms with Crippen LogP contribution in [0.3, 0.4) is 0 Å². The molecule has 60 valence electrons. The van der Waals surface area contributed by atoms with Gasteiger partial charge in [-0.15, -0.1) is 0 Å². The Kier molecular flexibility index (Phi) is 1.70. The van der Waals surface area contributed by atoms with E-state index < -0.39 is 0 Å². The number of Topliss-reactive ketones (excluding diaryl/α,β-unsaturated/α-hetero) is 2. The molecule has 2 nitrogen and oxygen atoms in total. The summed E-state index contributed by atoms with van der Waals surface area (Å²) in [6.07, 6.45) is 0.566. The molecule has 0 aromatic heterocycles. The Hall–Kier alpha value is -0.920. The van der Waals surface area contributed by atoms with Gasteiger partial charge in [0.1, 0.15) is 5.78 Å². The lowest BCUT2D eigenvalue weighted by Crippen LogP contribution is -2.33. The van der Waals surface area contributed by atoms with Gasteiger partial charge >= 0.3 is 0 Å². The summed E-state index contributed by atoms with van der Waals surface area (Å²) < 4.78 is 0. The summed E-state index contributed by atoms with van der Waals surface area (Å²) in [7, 11) is 0. The Bertz CT molecular complexity index is 236. The average Bonchev–Trinajstić information content (AvgIpc) is 1.83. The van der Waals surface area contributed by atoms with Crippen molar-refractivity contribution >= 4 is 11.6 Å². The second-order valence-electron chi connectivity index (χ2n) is 3.69. The van der Waals surface area contributed by atoms with Gasteiger partial charge in [-0.3, -0.25) is 9.59 Å². The number of hydrogen-bond donors (Lipinski definition) is 0. The highest BCUT2D eigenvalue weighted by atomic mass is 16.2. The van der Waals surface area contributed by atoms with Crippen molar-refractivity contribution in [1.29, 1.82) is 0 Å². The van der Waals surface area contributed by atoms with Crippen LogP contribution in [-0.2, 0) is 9.59 Å². The fourth-order valence-corrected chi connectivity index (χ4v) is 1.24. The van der Waals surface area contributed by atoms with E-state index in [1.165, 1.54) is 0 Å². The van der Waals surface area contributed by atoms with Crippen LogP contribution in [0.25, 0.3) is 0 Å². The van der Waals surface area contributed by atoms with Crippen molar-refractivity contribution in [3.05, 3.63) is 12.2 Å². The minimum atomic E-state index is -0.370. The molecule has 1 saturated carbocycles. The van der Waals surface area contributed by atoms with Gasteiger partial charge in [-0.25, -0.2) is 0 Å². The molecule has 0 heterocycles. The Balaban J connectivity index is 2.87. The normalized spacial score (nSPS) is 24.0. The van der Waals surface area contributed by atoms with Crippen molar-refractivity contribution in [3.8, 4) is 0 Å². The largest absolute Gasteiger partial charge is 0.299 e. The van der Waals surface area contributed by atoms with Crippen LogP contribution in [0, 0.1) is 5.41 Å². The minimum Gasteiger partial charge on any atom is -0.299 e. The van der Waals surface area contributed by atoms with Gasteiger partial charge in [-0.2, -0.15) is 0 Å². The molecule has 1 aliphatic carbocycles. The second kappa shape index (κ2) is 2.29. The summed E-state index contributed by atoms with van der Waals surface area (Å²) >= 11 is 0. The topological polar surface area (TPSA) is 34.1 Å². The van der Waals surface area contributed by atoms with E-state index in [2.05, 4.69) is 6.58 Å². The van der Waals surface area contributed by atoms with Crippen LogP contribution in [0.5, 0.6) is 0 Å². The van der Waals surface area contributed by atoms with Crippen molar-refractivity contribution in [3.63, 3.8) is 0 Å². The third-order valence-electron chi connectivity index (χ3n) is 2.13. The fraction of sp³-hybridized carbons (Fsp3) is 0.556. The molecule has 0 amide bonds. The van der Waals surface area contributed by atoms with Gasteiger partial charge in [0.15, 0.2) is 5.78 Å². The monoisotopic (exact) mass is 152 g/mol. The van der Waals surface area contributed by atoms with E-state index in [9.17, 15) is 9.59 Å². The number of rotatable bonds is 0. The fourth-order valence-electron chi connectivity index (χ4n) is 1.24. The maximum Gasteiger partial charge on any atom is 0.165 e. The summed E-state index contributed by atoms with van der Waals surface area (Å²) in [5.74, 6) is -0.0516. The molecule has 0 aromatic carbocycles. The van der Waals surface area contributed by atoms with Crippen LogP contribution >= 0.6 is 0 Å². The summed E-state index contributed by atoms with van der Waals surface area (Å²) in [5.41, 5.74) is 0.222. The van der Waals surface area contributed by atoms with Gasteiger partial charge in [-0.05, 0) is 12.0 Å². The van der Waals surface area contributed by atoms with Gasteiger partial charge in [0.05, 0.1) is 6.42 Å². The van der Waals surface area contributed by atoms with Crippen LogP contribution in [-0.4, -0.2) is 11.6 Å². The van der Waals surface area contributed by atoms with Gasteiger partial charge in [-0.1, -0.05) is 20.4 Å². The molecular formula is C9H12O2. The molecule has 0 saturated heterocycles. The molecule has 0 atom stereocenters. The first kappa shape index (κ1) is 8.18. The molecular weight excluding hydrogens is 140 g/mol. The lowest BCUT2D eigenvalue weighted by molar-refractivity contribution is -0.133. The lowest BCUT2D eigenvalue weighted by Gasteiger charge is -2.27. The van der Waals surface area contributed by atoms with Crippen LogP contribution < -0.4 is 0 Å². The molecule has 0 bridgehead atoms. The highest BCUT2D eigenvalue weighted by Crippen LogP contribution is 2.32. The maximum atomic E-state index is 11.2. The highest BCUT2D eigenvalue weighted by molar-refractivity contribution is 6.11. The Morgan fingerprint density at radius 3 is 2.36 bits per heavy atom. The van der Waals surface area contributed by atoms with E-state index in [-0.39, 0.29) is 23.4 Å². The van der Waals surface area contributed by atoms with Gasteiger partial charge < -0.3 is 0 Å². The maximum absolute atomic E-state index is 11.2. The molecule has 0 aliphatic heterocycles. The van der Waals surface area contributed by atoms with E-state index in [4.69, 9.17) is 0 Å². The number of hydrogen-bond acceptors (Lipinski definition) is 2. The van der Waals surface area contributed by atoms with E-state index in [1.807, 2.05) is 13.8 Å². The molecule has 1 rings (SSSR count). The van der Waals surface area contributed by atoms with Crippen LogP contribution in [0.2, 0.25) is 0 Å². The quantitative estimate of drug-likeness (QED) is 0.389. The standard InChI is InChI=1S/C9H12O2/c1-6-5-9(2,3)8(11)4-7(6)10/h1,4-5H2,2-3H3. The predicted octanol–water partition coefficient (Wildman–Crippen LogP) is 1.50. The lowest BCUT2D eigenvalue weighted by atomic mass is 9.74. The Morgan fingerprint density at radius 2 is 1.91 bits per heavy atom. The Labute approximate surface area is 66.3 Å². The van der Waals surface area contributed by atoms with Crippen molar-refractivity contribution < 1.29 is 9.59 Å². The van der Waals surface area contributed by atoms with Crippen molar-refractivity contribution in [1.82, 2.24) is 0 Å². The first-order chi connectivity index (χ1) is 4.93. The van der Waals surface area contributed by atoms with Crippen molar-refractivity contribution in [2.45, 2.75) is 26.7 Å². The van der Waals surface area contributed by atoms with E-state index >= 15 is 0 Å². The molecule has 0 unspecified atom stereocenters. The second-order valence-corrected chi connectivity index (χ2v) is 3.69. The molecule has 0 N–H and O–H groups in total. The highest BCUT2D eigenvalue weighted by Gasteiger charge is 2.35. The average molecular weight is 152 g/mol. The first-order valence-corrected chi connectivity index (χ1v) is 3.68. The summed E-state index contributed by atoms with van der Waals surface area (Å²) in [6, 6.07) is 0. The first-order valence-electron chi connectivity index (χ1n) is 3.68. The zero-order valence-electron chi connectivity index (χ0n) is 6.94. The number of carbonyl (C=O) groups excluding carboxylic acids is 2. The van der Waals surface area contributed by atoms with E-state index in [0.29, 0.717) is 12.0 Å². The third kappa shape index (κ3) is 1.39. The molecule has 2 heteroatoms. The molecule has 0 radical (unpaired) electrons. The van der Waals surface area contributed by atoms with Crippen molar-refractivity contribution in [2.75, 3.05) is 0 Å². The summed E-state index contributed by atoms with van der Waals surface area (Å²) in [5, 5.41) is 0. The van der Waals surface area contributed by atoms with E-state index in [1.54, 1.807) is 0 Å². The zero-order chi connectivity index (χ0) is 8.65. The number of ketones is 2. The number of carbonyl (C=O) groups is 2. The van der Waals surface area contributed by atoms with Crippen LogP contribution in [0.4, 0.5) is 0 Å². The molecule has 1 aliphatic rings. The molecule has 11 heavy (non-hydrogen) atoms. The van der Waals surface area contributed by atoms with E-state index in [0.717, 1.165) is 0 Å². The third-order valence-corrected chi connectivity index (χ3v) is 2.13. The molecule has 1 fully saturated rings.